The second kappa shape index (κ2) is 4.66. The molecule has 0 aromatic heterocycles. The Morgan fingerprint density at radius 3 is 2.71 bits per heavy atom. The molecular weight excluding hydrogens is 264 g/mol. The van der Waals surface area contributed by atoms with E-state index in [0.29, 0.717) is 0 Å². The number of aliphatic imine (C=N–C) groups is 1. The van der Waals surface area contributed by atoms with Crippen molar-refractivity contribution in [2.75, 3.05) is 18.6 Å². The molecule has 21 heavy (non-hydrogen) atoms. The van der Waals surface area contributed by atoms with Crippen molar-refractivity contribution < 1.29 is 9.47 Å². The Morgan fingerprint density at radius 2 is 1.90 bits per heavy atom. The van der Waals surface area contributed by atoms with Gasteiger partial charge in [-0.05, 0) is 42.0 Å². The maximum Gasteiger partial charge on any atom is 0.169 e. The largest absolute Gasteiger partial charge is 0.497 e. The van der Waals surface area contributed by atoms with Gasteiger partial charge in [-0.15, -0.1) is 0 Å². The third kappa shape index (κ3) is 1.96. The van der Waals surface area contributed by atoms with E-state index in [1.165, 1.54) is 0 Å². The lowest BCUT2D eigenvalue weighted by Gasteiger charge is -2.24. The third-order valence-electron chi connectivity index (χ3n) is 3.70. The molecule has 0 saturated heterocycles. The first-order valence-corrected chi connectivity index (χ1v) is 6.80. The number of para-hydroxylation sites is 2. The summed E-state index contributed by atoms with van der Waals surface area (Å²) >= 11 is 0. The molecule has 0 radical (unpaired) electrons. The monoisotopic (exact) mass is 278 g/mol. The number of benzene rings is 2. The van der Waals surface area contributed by atoms with Gasteiger partial charge in [0.25, 0.3) is 0 Å². The lowest BCUT2D eigenvalue weighted by atomic mass is 10.1. The zero-order valence-corrected chi connectivity index (χ0v) is 11.6. The standard InChI is InChI=1S/C17H14N2O2/c1-20-13-8-6-12(7-9-13)14-10-19-15-4-2-3-5-16(15)21-11-17(19)18-14/h2-9,11H,10H2,1H3. The molecule has 0 spiro atoms. The molecule has 0 unspecified atom stereocenters. The number of ether oxygens (including phenoxy) is 2. The lowest BCUT2D eigenvalue weighted by molar-refractivity contribution is 0.415. The van der Waals surface area contributed by atoms with Crippen LogP contribution in [0.3, 0.4) is 0 Å². The molecule has 2 aromatic carbocycles. The molecule has 104 valence electrons. The lowest BCUT2D eigenvalue weighted by Crippen LogP contribution is -2.24. The minimum absolute atomic E-state index is 0.749. The third-order valence-corrected chi connectivity index (χ3v) is 3.70. The molecule has 0 aliphatic carbocycles. The summed E-state index contributed by atoms with van der Waals surface area (Å²) in [4.78, 5) is 6.84. The van der Waals surface area contributed by atoms with E-state index in [1.807, 2.05) is 42.5 Å². The van der Waals surface area contributed by atoms with Crippen molar-refractivity contribution in [3.05, 3.63) is 66.2 Å². The van der Waals surface area contributed by atoms with Crippen LogP contribution in [0.5, 0.6) is 11.5 Å². The Labute approximate surface area is 122 Å². The smallest absolute Gasteiger partial charge is 0.169 e. The van der Waals surface area contributed by atoms with Crippen LogP contribution in [0.25, 0.3) is 0 Å². The Balaban J connectivity index is 1.67. The van der Waals surface area contributed by atoms with Gasteiger partial charge in [-0.2, -0.15) is 0 Å². The Hall–Kier alpha value is -2.75. The van der Waals surface area contributed by atoms with Gasteiger partial charge in [0.15, 0.2) is 5.82 Å². The van der Waals surface area contributed by atoms with Crippen molar-refractivity contribution in [1.82, 2.24) is 0 Å². The molecule has 2 aromatic rings. The number of hydrogen-bond donors (Lipinski definition) is 0. The number of rotatable bonds is 2. The van der Waals surface area contributed by atoms with Crippen LogP contribution in [-0.2, 0) is 0 Å². The maximum absolute atomic E-state index is 5.63. The normalized spacial score (nSPS) is 15.6. The highest BCUT2D eigenvalue weighted by Crippen LogP contribution is 2.37. The second-order valence-electron chi connectivity index (χ2n) is 4.93. The SMILES string of the molecule is COc1ccc(C2=NC3=COc4ccccc4N3C2)cc1. The summed E-state index contributed by atoms with van der Waals surface area (Å²) in [6, 6.07) is 16.0. The molecule has 4 heteroatoms. The Bertz CT molecular complexity index is 748. The van der Waals surface area contributed by atoms with Crippen LogP contribution in [0.1, 0.15) is 5.56 Å². The van der Waals surface area contributed by atoms with Crippen LogP contribution in [0.2, 0.25) is 0 Å². The quantitative estimate of drug-likeness (QED) is 0.846. The predicted molar refractivity (Wildman–Crippen MR) is 82.0 cm³/mol. The van der Waals surface area contributed by atoms with Crippen LogP contribution in [0.15, 0.2) is 65.6 Å². The van der Waals surface area contributed by atoms with Crippen LogP contribution in [0, 0.1) is 0 Å². The molecule has 0 bridgehead atoms. The number of methoxy groups -OCH3 is 1. The summed E-state index contributed by atoms with van der Waals surface area (Å²) in [5.41, 5.74) is 3.19. The zero-order valence-electron chi connectivity index (χ0n) is 11.6. The molecule has 0 fully saturated rings. The number of fused-ring (bicyclic) bond motifs is 3. The van der Waals surface area contributed by atoms with Crippen LogP contribution in [-0.4, -0.2) is 19.4 Å². The van der Waals surface area contributed by atoms with Crippen molar-refractivity contribution in [3.8, 4) is 11.5 Å². The number of nitrogens with zero attached hydrogens (tertiary/aromatic N) is 2. The highest BCUT2D eigenvalue weighted by Gasteiger charge is 2.28. The molecule has 0 atom stereocenters. The summed E-state index contributed by atoms with van der Waals surface area (Å²) in [7, 11) is 1.67. The number of anilines is 1. The number of hydrogen-bond acceptors (Lipinski definition) is 4. The maximum atomic E-state index is 5.63. The van der Waals surface area contributed by atoms with E-state index < -0.39 is 0 Å². The van der Waals surface area contributed by atoms with E-state index >= 15 is 0 Å². The van der Waals surface area contributed by atoms with Gasteiger partial charge in [-0.25, -0.2) is 4.99 Å². The highest BCUT2D eigenvalue weighted by atomic mass is 16.5. The molecule has 0 saturated carbocycles. The van der Waals surface area contributed by atoms with Crippen LogP contribution in [0.4, 0.5) is 5.69 Å². The average molecular weight is 278 g/mol. The van der Waals surface area contributed by atoms with Crippen molar-refractivity contribution in [2.24, 2.45) is 4.99 Å². The molecule has 4 rings (SSSR count). The van der Waals surface area contributed by atoms with Gasteiger partial charge in [0.05, 0.1) is 25.1 Å². The summed E-state index contributed by atoms with van der Waals surface area (Å²) < 4.78 is 10.8. The fourth-order valence-electron chi connectivity index (χ4n) is 2.60. The van der Waals surface area contributed by atoms with Gasteiger partial charge in [-0.3, -0.25) is 0 Å². The minimum Gasteiger partial charge on any atom is -0.497 e. The first kappa shape index (κ1) is 12.0. The van der Waals surface area contributed by atoms with Crippen molar-refractivity contribution in [2.45, 2.75) is 0 Å². The highest BCUT2D eigenvalue weighted by molar-refractivity contribution is 6.07. The second-order valence-corrected chi connectivity index (χ2v) is 4.93. The first-order chi connectivity index (χ1) is 10.3. The molecule has 2 aliphatic rings. The first-order valence-electron chi connectivity index (χ1n) is 6.80. The van der Waals surface area contributed by atoms with E-state index in [0.717, 1.165) is 40.8 Å². The van der Waals surface area contributed by atoms with Crippen molar-refractivity contribution >= 4 is 11.4 Å². The van der Waals surface area contributed by atoms with Gasteiger partial charge < -0.3 is 14.4 Å². The van der Waals surface area contributed by atoms with Gasteiger partial charge in [0.2, 0.25) is 0 Å². The predicted octanol–water partition coefficient (Wildman–Crippen LogP) is 3.20. The van der Waals surface area contributed by atoms with E-state index in [9.17, 15) is 0 Å². The van der Waals surface area contributed by atoms with Gasteiger partial charge in [0.1, 0.15) is 17.8 Å². The minimum atomic E-state index is 0.749. The van der Waals surface area contributed by atoms with Crippen molar-refractivity contribution in [3.63, 3.8) is 0 Å². The molecular formula is C17H14N2O2. The summed E-state index contributed by atoms with van der Waals surface area (Å²) in [6.07, 6.45) is 1.71. The molecule has 4 nitrogen and oxygen atoms in total. The molecule has 0 N–H and O–H groups in total. The van der Waals surface area contributed by atoms with E-state index in [2.05, 4.69) is 16.0 Å². The van der Waals surface area contributed by atoms with Crippen molar-refractivity contribution in [1.29, 1.82) is 0 Å². The molecule has 2 heterocycles. The molecule has 2 aliphatic heterocycles. The van der Waals surface area contributed by atoms with Gasteiger partial charge in [0, 0.05) is 0 Å². The van der Waals surface area contributed by atoms with Crippen LogP contribution >= 0.6 is 0 Å². The Morgan fingerprint density at radius 1 is 1.10 bits per heavy atom. The topological polar surface area (TPSA) is 34.1 Å². The van der Waals surface area contributed by atoms with Gasteiger partial charge in [-0.1, -0.05) is 12.1 Å². The van der Waals surface area contributed by atoms with E-state index in [4.69, 9.17) is 9.47 Å². The summed E-state index contributed by atoms with van der Waals surface area (Å²) in [5, 5.41) is 0. The summed E-state index contributed by atoms with van der Waals surface area (Å²) in [5.74, 6) is 2.56. The summed E-state index contributed by atoms with van der Waals surface area (Å²) in [6.45, 7) is 0.749. The van der Waals surface area contributed by atoms with E-state index in [1.54, 1.807) is 13.4 Å². The average Bonchev–Trinajstić information content (AvgIpc) is 2.99. The fourth-order valence-corrected chi connectivity index (χ4v) is 2.60. The Kier molecular flexibility index (Phi) is 2.67. The fraction of sp³-hybridized carbons (Fsp3) is 0.118. The van der Waals surface area contributed by atoms with E-state index in [-0.39, 0.29) is 0 Å². The zero-order chi connectivity index (χ0) is 14.2. The molecule has 0 amide bonds. The van der Waals surface area contributed by atoms with Gasteiger partial charge >= 0.3 is 0 Å². The van der Waals surface area contributed by atoms with Crippen LogP contribution < -0.4 is 14.4 Å².